The number of hydrogen-bond donors (Lipinski definition) is 3. The van der Waals surface area contributed by atoms with Gasteiger partial charge in [-0.25, -0.2) is 9.59 Å². The molecule has 5 rings (SSSR count). The van der Waals surface area contributed by atoms with Gasteiger partial charge in [-0.1, -0.05) is 19.1 Å². The van der Waals surface area contributed by atoms with Gasteiger partial charge in [-0.2, -0.15) is 4.98 Å². The SMILES string of the molecule is CC(C)(N)C(=O)N1CCN(C(=O)Nc2ccn(-c3ccc(CN4CC5C(N)[C@]5(C)C4)cc3)c(=O)n2)CC1. The van der Waals surface area contributed by atoms with Crippen LogP contribution in [0.3, 0.4) is 0 Å². The third-order valence-corrected chi connectivity index (χ3v) is 8.02. The summed E-state index contributed by atoms with van der Waals surface area (Å²) in [5.41, 5.74) is 12.8. The van der Waals surface area contributed by atoms with Crippen LogP contribution in [0.4, 0.5) is 10.6 Å². The third-order valence-electron chi connectivity index (χ3n) is 8.02. The molecule has 5 N–H and O–H groups in total. The van der Waals surface area contributed by atoms with Crippen molar-refractivity contribution in [1.29, 1.82) is 0 Å². The van der Waals surface area contributed by atoms with E-state index in [2.05, 4.69) is 22.1 Å². The summed E-state index contributed by atoms with van der Waals surface area (Å²) < 4.78 is 1.45. The van der Waals surface area contributed by atoms with E-state index in [9.17, 15) is 14.4 Å². The molecule has 37 heavy (non-hydrogen) atoms. The minimum Gasteiger partial charge on any atom is -0.338 e. The molecular formula is C26H36N8O3. The quantitative estimate of drug-likeness (QED) is 0.531. The van der Waals surface area contributed by atoms with Gasteiger partial charge >= 0.3 is 11.7 Å². The number of likely N-dealkylation sites (tertiary alicyclic amines) is 1. The number of nitrogens with two attached hydrogens (primary N) is 2. The second-order valence-electron chi connectivity index (χ2n) is 11.4. The number of piperidine rings is 1. The second kappa shape index (κ2) is 9.23. The van der Waals surface area contributed by atoms with Crippen molar-refractivity contribution < 1.29 is 9.59 Å². The number of nitrogens with zero attached hydrogens (tertiary/aromatic N) is 5. The van der Waals surface area contributed by atoms with Crippen LogP contribution in [0.5, 0.6) is 0 Å². The molecule has 3 heterocycles. The summed E-state index contributed by atoms with van der Waals surface area (Å²) in [6, 6.07) is 9.45. The first-order valence-corrected chi connectivity index (χ1v) is 12.8. The van der Waals surface area contributed by atoms with Crippen molar-refractivity contribution in [2.75, 3.05) is 44.6 Å². The topological polar surface area (TPSA) is 143 Å². The zero-order chi connectivity index (χ0) is 26.5. The molecule has 3 amide bonds. The number of amides is 3. The number of urea groups is 1. The lowest BCUT2D eigenvalue weighted by Crippen LogP contribution is -2.58. The number of nitrogens with one attached hydrogen (secondary N) is 1. The molecule has 3 fully saturated rings. The van der Waals surface area contributed by atoms with Crippen molar-refractivity contribution in [3.05, 3.63) is 52.6 Å². The average molecular weight is 509 g/mol. The number of benzene rings is 1. The smallest absolute Gasteiger partial charge is 0.338 e. The van der Waals surface area contributed by atoms with Gasteiger partial charge in [0.1, 0.15) is 5.82 Å². The molecule has 11 nitrogen and oxygen atoms in total. The Hall–Kier alpha value is -3.28. The fourth-order valence-electron chi connectivity index (χ4n) is 5.59. The Morgan fingerprint density at radius 1 is 1.11 bits per heavy atom. The van der Waals surface area contributed by atoms with Crippen LogP contribution >= 0.6 is 0 Å². The van der Waals surface area contributed by atoms with E-state index in [0.717, 1.165) is 19.6 Å². The number of piperazine rings is 1. The van der Waals surface area contributed by atoms with Crippen LogP contribution < -0.4 is 22.5 Å². The molecule has 2 unspecified atom stereocenters. The fourth-order valence-corrected chi connectivity index (χ4v) is 5.59. The Morgan fingerprint density at radius 2 is 1.76 bits per heavy atom. The Morgan fingerprint density at radius 3 is 2.32 bits per heavy atom. The lowest BCUT2D eigenvalue weighted by atomic mass is 10.1. The number of hydrogen-bond acceptors (Lipinski definition) is 7. The van der Waals surface area contributed by atoms with Crippen molar-refractivity contribution in [3.8, 4) is 5.69 Å². The summed E-state index contributed by atoms with van der Waals surface area (Å²) in [7, 11) is 0. The van der Waals surface area contributed by atoms with Crippen LogP contribution in [-0.2, 0) is 11.3 Å². The fraction of sp³-hybridized carbons (Fsp3) is 0.538. The highest BCUT2D eigenvalue weighted by Crippen LogP contribution is 2.56. The van der Waals surface area contributed by atoms with Crippen molar-refractivity contribution in [2.24, 2.45) is 22.8 Å². The van der Waals surface area contributed by atoms with Gasteiger partial charge in [-0.05, 0) is 43.5 Å². The van der Waals surface area contributed by atoms with E-state index < -0.39 is 11.2 Å². The Bertz CT molecular complexity index is 1250. The highest BCUT2D eigenvalue weighted by Gasteiger charge is 2.63. The molecule has 1 saturated carbocycles. The molecule has 2 aromatic rings. The summed E-state index contributed by atoms with van der Waals surface area (Å²) in [4.78, 5) is 47.4. The molecule has 3 aliphatic rings. The number of carbonyl (C=O) groups excluding carboxylic acids is 2. The van der Waals surface area contributed by atoms with Gasteiger partial charge in [0.15, 0.2) is 0 Å². The lowest BCUT2D eigenvalue weighted by Gasteiger charge is -2.37. The lowest BCUT2D eigenvalue weighted by molar-refractivity contribution is -0.137. The third kappa shape index (κ3) is 4.98. The highest BCUT2D eigenvalue weighted by molar-refractivity contribution is 5.89. The number of aromatic nitrogens is 2. The van der Waals surface area contributed by atoms with Gasteiger partial charge in [0.25, 0.3) is 0 Å². The first kappa shape index (κ1) is 25.4. The Labute approximate surface area is 216 Å². The maximum Gasteiger partial charge on any atom is 0.354 e. The van der Waals surface area contributed by atoms with E-state index in [1.54, 1.807) is 35.9 Å². The minimum absolute atomic E-state index is 0.141. The van der Waals surface area contributed by atoms with Crippen LogP contribution in [0.25, 0.3) is 5.69 Å². The molecule has 198 valence electrons. The summed E-state index contributed by atoms with van der Waals surface area (Å²) >= 11 is 0. The van der Waals surface area contributed by atoms with Crippen LogP contribution in [0, 0.1) is 11.3 Å². The van der Waals surface area contributed by atoms with Crippen LogP contribution in [0.1, 0.15) is 26.3 Å². The maximum absolute atomic E-state index is 12.7. The van der Waals surface area contributed by atoms with Gasteiger partial charge in [-0.15, -0.1) is 0 Å². The maximum atomic E-state index is 12.7. The van der Waals surface area contributed by atoms with Crippen LogP contribution in [-0.4, -0.2) is 87.0 Å². The molecule has 11 heteroatoms. The standard InChI is InChI=1S/C26H36N8O3/c1-25(2,28)22(35)32-10-12-33(13-11-32)23(36)29-20-8-9-34(24(37)30-20)18-6-4-17(5-7-18)14-31-15-19-21(27)26(19,3)16-31/h4-9,19,21H,10-16,27-28H2,1-3H3,(H,29,30,36,37)/t19?,21?,26-/m1/s1. The average Bonchev–Trinajstić information content (AvgIpc) is 3.17. The van der Waals surface area contributed by atoms with Crippen molar-refractivity contribution in [2.45, 2.75) is 38.9 Å². The highest BCUT2D eigenvalue weighted by atomic mass is 16.2. The summed E-state index contributed by atoms with van der Waals surface area (Å²) in [5.74, 6) is 0.647. The molecule has 2 aliphatic heterocycles. The van der Waals surface area contributed by atoms with Gasteiger partial charge in [0.2, 0.25) is 5.91 Å². The monoisotopic (exact) mass is 508 g/mol. The molecule has 0 bridgehead atoms. The van der Waals surface area contributed by atoms with E-state index in [1.807, 2.05) is 24.3 Å². The summed E-state index contributed by atoms with van der Waals surface area (Å²) in [6.45, 7) is 10.1. The zero-order valence-corrected chi connectivity index (χ0v) is 21.7. The Kier molecular flexibility index (Phi) is 6.33. The van der Waals surface area contributed by atoms with E-state index in [-0.39, 0.29) is 23.2 Å². The molecule has 0 spiro atoms. The number of rotatable bonds is 5. The molecular weight excluding hydrogens is 472 g/mol. The number of anilines is 1. The largest absolute Gasteiger partial charge is 0.354 e. The van der Waals surface area contributed by atoms with E-state index >= 15 is 0 Å². The zero-order valence-electron chi connectivity index (χ0n) is 21.7. The van der Waals surface area contributed by atoms with Gasteiger partial charge < -0.3 is 21.3 Å². The van der Waals surface area contributed by atoms with E-state index in [4.69, 9.17) is 11.5 Å². The van der Waals surface area contributed by atoms with Gasteiger partial charge in [0.05, 0.1) is 11.2 Å². The number of carbonyl (C=O) groups is 2. The van der Waals surface area contributed by atoms with Crippen molar-refractivity contribution in [3.63, 3.8) is 0 Å². The molecule has 1 aliphatic carbocycles. The van der Waals surface area contributed by atoms with Crippen LogP contribution in [0.15, 0.2) is 41.3 Å². The second-order valence-corrected chi connectivity index (χ2v) is 11.4. The predicted molar refractivity (Wildman–Crippen MR) is 140 cm³/mol. The molecule has 2 saturated heterocycles. The van der Waals surface area contributed by atoms with Crippen LogP contribution in [0.2, 0.25) is 0 Å². The van der Waals surface area contributed by atoms with E-state index in [1.165, 1.54) is 10.1 Å². The predicted octanol–water partition coefficient (Wildman–Crippen LogP) is 0.425. The van der Waals surface area contributed by atoms with Gasteiger partial charge in [-0.3, -0.25) is 19.6 Å². The van der Waals surface area contributed by atoms with Crippen molar-refractivity contribution in [1.82, 2.24) is 24.3 Å². The summed E-state index contributed by atoms with van der Waals surface area (Å²) in [6.07, 6.45) is 1.61. The molecule has 1 aromatic heterocycles. The minimum atomic E-state index is -0.945. The molecule has 0 radical (unpaired) electrons. The van der Waals surface area contributed by atoms with E-state index in [0.29, 0.717) is 43.8 Å². The first-order valence-electron chi connectivity index (χ1n) is 12.8. The summed E-state index contributed by atoms with van der Waals surface area (Å²) in [5, 5.41) is 2.69. The normalized spacial score (nSPS) is 25.6. The molecule has 1 aromatic carbocycles. The molecule has 3 atom stereocenters. The first-order chi connectivity index (χ1) is 17.5. The van der Waals surface area contributed by atoms with Crippen molar-refractivity contribution >= 4 is 17.8 Å². The Balaban J connectivity index is 1.15. The van der Waals surface area contributed by atoms with Gasteiger partial charge in [0, 0.05) is 63.5 Å². The number of fused-ring (bicyclic) bond motifs is 1.